The average molecular weight is 288 g/mol. The fraction of sp³-hybridized carbons (Fsp3) is 0.588. The lowest BCUT2D eigenvalue weighted by atomic mass is 9.92. The Morgan fingerprint density at radius 2 is 1.90 bits per heavy atom. The average Bonchev–Trinajstić information content (AvgIpc) is 2.55. The van der Waals surface area contributed by atoms with Gasteiger partial charge in [0.05, 0.1) is 20.3 Å². The topological polar surface area (TPSA) is 45.5 Å². The molecule has 4 heteroatoms. The Morgan fingerprint density at radius 1 is 1.19 bits per heavy atom. The number of para-hydroxylation sites is 1. The summed E-state index contributed by atoms with van der Waals surface area (Å²) in [6.45, 7) is 0. The van der Waals surface area contributed by atoms with E-state index in [0.717, 1.165) is 5.56 Å². The number of rotatable bonds is 5. The van der Waals surface area contributed by atoms with E-state index in [1.54, 1.807) is 14.2 Å². The van der Waals surface area contributed by atoms with Crippen LogP contribution in [-0.4, -0.2) is 32.2 Å². The van der Waals surface area contributed by atoms with Gasteiger partial charge in [-0.3, -0.25) is 4.90 Å². The van der Waals surface area contributed by atoms with Gasteiger partial charge in [0.25, 0.3) is 0 Å². The van der Waals surface area contributed by atoms with Crippen LogP contribution in [0.25, 0.3) is 0 Å². The Labute approximate surface area is 127 Å². The molecule has 1 fully saturated rings. The number of ether oxygens (including phenoxy) is 2. The third-order valence-corrected chi connectivity index (χ3v) is 4.41. The van der Waals surface area contributed by atoms with Gasteiger partial charge < -0.3 is 9.47 Å². The number of hydrogen-bond donors (Lipinski definition) is 0. The number of benzene rings is 1. The first-order valence-corrected chi connectivity index (χ1v) is 7.55. The van der Waals surface area contributed by atoms with Gasteiger partial charge in [-0.2, -0.15) is 5.26 Å². The van der Waals surface area contributed by atoms with Crippen LogP contribution in [0.3, 0.4) is 0 Å². The summed E-state index contributed by atoms with van der Waals surface area (Å²) in [6, 6.07) is 8.32. The maximum Gasteiger partial charge on any atom is 0.166 e. The molecular weight excluding hydrogens is 264 g/mol. The number of nitrogens with zero attached hydrogens (tertiary/aromatic N) is 2. The highest BCUT2D eigenvalue weighted by molar-refractivity contribution is 5.49. The van der Waals surface area contributed by atoms with Crippen LogP contribution in [0.5, 0.6) is 11.5 Å². The van der Waals surface area contributed by atoms with Crippen LogP contribution in [-0.2, 0) is 0 Å². The Balaban J connectivity index is 2.30. The normalized spacial score (nSPS) is 17.3. The second-order valence-corrected chi connectivity index (χ2v) is 5.57. The lowest BCUT2D eigenvalue weighted by Gasteiger charge is -2.34. The lowest BCUT2D eigenvalue weighted by molar-refractivity contribution is 0.162. The van der Waals surface area contributed by atoms with Gasteiger partial charge in [-0.1, -0.05) is 31.4 Å². The maximum atomic E-state index is 9.68. The molecule has 4 nitrogen and oxygen atoms in total. The quantitative estimate of drug-likeness (QED) is 0.831. The van der Waals surface area contributed by atoms with Crippen molar-refractivity contribution >= 4 is 0 Å². The van der Waals surface area contributed by atoms with E-state index < -0.39 is 0 Å². The van der Waals surface area contributed by atoms with Crippen molar-refractivity contribution in [1.82, 2.24) is 4.90 Å². The van der Waals surface area contributed by atoms with Crippen molar-refractivity contribution in [1.29, 1.82) is 5.26 Å². The number of nitriles is 1. The Kier molecular flexibility index (Phi) is 5.46. The van der Waals surface area contributed by atoms with Gasteiger partial charge in [0.1, 0.15) is 6.04 Å². The molecule has 0 N–H and O–H groups in total. The Hall–Kier alpha value is -1.73. The van der Waals surface area contributed by atoms with Gasteiger partial charge in [0.15, 0.2) is 11.5 Å². The smallest absolute Gasteiger partial charge is 0.166 e. The van der Waals surface area contributed by atoms with E-state index in [9.17, 15) is 5.26 Å². The largest absolute Gasteiger partial charge is 0.493 e. The van der Waals surface area contributed by atoms with E-state index in [0.29, 0.717) is 17.5 Å². The molecule has 1 aliphatic carbocycles. The highest BCUT2D eigenvalue weighted by Gasteiger charge is 2.28. The molecule has 0 aromatic heterocycles. The second kappa shape index (κ2) is 7.33. The molecule has 21 heavy (non-hydrogen) atoms. The lowest BCUT2D eigenvalue weighted by Crippen LogP contribution is -2.36. The maximum absolute atomic E-state index is 9.68. The molecule has 0 amide bonds. The van der Waals surface area contributed by atoms with E-state index in [4.69, 9.17) is 9.47 Å². The van der Waals surface area contributed by atoms with Crippen molar-refractivity contribution in [2.45, 2.75) is 44.2 Å². The third-order valence-electron chi connectivity index (χ3n) is 4.41. The van der Waals surface area contributed by atoms with Crippen LogP contribution in [0.2, 0.25) is 0 Å². The number of methoxy groups -OCH3 is 2. The van der Waals surface area contributed by atoms with Crippen molar-refractivity contribution in [2.75, 3.05) is 21.3 Å². The minimum atomic E-state index is -0.307. The van der Waals surface area contributed by atoms with Gasteiger partial charge in [0, 0.05) is 11.6 Å². The number of hydrogen-bond acceptors (Lipinski definition) is 4. The molecule has 1 aromatic carbocycles. The highest BCUT2D eigenvalue weighted by Crippen LogP contribution is 2.38. The highest BCUT2D eigenvalue weighted by atomic mass is 16.5. The summed E-state index contributed by atoms with van der Waals surface area (Å²) >= 11 is 0. The van der Waals surface area contributed by atoms with Gasteiger partial charge in [-0.25, -0.2) is 0 Å². The first-order chi connectivity index (χ1) is 10.2. The summed E-state index contributed by atoms with van der Waals surface area (Å²) < 4.78 is 10.8. The molecule has 0 spiro atoms. The fourth-order valence-electron chi connectivity index (χ4n) is 3.21. The summed E-state index contributed by atoms with van der Waals surface area (Å²) in [7, 11) is 5.28. The zero-order chi connectivity index (χ0) is 15.2. The molecule has 0 aliphatic heterocycles. The standard InChI is InChI=1S/C17H24N2O2/c1-19(13-8-5-4-6-9-13)15(12-18)14-10-7-11-16(20-2)17(14)21-3/h7,10-11,13,15H,4-6,8-9H2,1-3H3. The molecule has 0 heterocycles. The fourth-order valence-corrected chi connectivity index (χ4v) is 3.21. The molecule has 0 bridgehead atoms. The Morgan fingerprint density at radius 3 is 2.48 bits per heavy atom. The third kappa shape index (κ3) is 3.30. The van der Waals surface area contributed by atoms with Crippen molar-refractivity contribution < 1.29 is 9.47 Å². The molecule has 1 atom stereocenters. The molecule has 0 saturated heterocycles. The van der Waals surface area contributed by atoms with E-state index in [2.05, 4.69) is 11.0 Å². The van der Waals surface area contributed by atoms with Crippen LogP contribution < -0.4 is 9.47 Å². The molecule has 2 rings (SSSR count). The predicted molar refractivity (Wildman–Crippen MR) is 82.5 cm³/mol. The zero-order valence-corrected chi connectivity index (χ0v) is 13.1. The van der Waals surface area contributed by atoms with E-state index >= 15 is 0 Å². The van der Waals surface area contributed by atoms with Gasteiger partial charge in [-0.15, -0.1) is 0 Å². The van der Waals surface area contributed by atoms with Crippen molar-refractivity contribution in [3.05, 3.63) is 23.8 Å². The van der Waals surface area contributed by atoms with Crippen LogP contribution in [0.4, 0.5) is 0 Å². The zero-order valence-electron chi connectivity index (χ0n) is 13.1. The molecule has 114 valence electrons. The van der Waals surface area contributed by atoms with Crippen LogP contribution in [0, 0.1) is 11.3 Å². The first kappa shape index (κ1) is 15.7. The molecule has 0 radical (unpaired) electrons. The van der Waals surface area contributed by atoms with Crippen LogP contribution in [0.15, 0.2) is 18.2 Å². The Bertz CT molecular complexity index is 504. The van der Waals surface area contributed by atoms with E-state index in [1.807, 2.05) is 25.2 Å². The van der Waals surface area contributed by atoms with Crippen molar-refractivity contribution in [3.8, 4) is 17.6 Å². The van der Waals surface area contributed by atoms with Crippen LogP contribution >= 0.6 is 0 Å². The minimum Gasteiger partial charge on any atom is -0.493 e. The summed E-state index contributed by atoms with van der Waals surface area (Å²) in [4.78, 5) is 2.19. The molecule has 1 saturated carbocycles. The molecular formula is C17H24N2O2. The monoisotopic (exact) mass is 288 g/mol. The SMILES string of the molecule is COc1cccc(C(C#N)N(C)C2CCCCC2)c1OC. The van der Waals surface area contributed by atoms with Gasteiger partial charge >= 0.3 is 0 Å². The van der Waals surface area contributed by atoms with E-state index in [-0.39, 0.29) is 6.04 Å². The molecule has 1 aromatic rings. The minimum absolute atomic E-state index is 0.307. The summed E-state index contributed by atoms with van der Waals surface area (Å²) in [6.07, 6.45) is 6.15. The van der Waals surface area contributed by atoms with Crippen molar-refractivity contribution in [3.63, 3.8) is 0 Å². The van der Waals surface area contributed by atoms with Gasteiger partial charge in [-0.05, 0) is 26.0 Å². The van der Waals surface area contributed by atoms with Crippen molar-refractivity contribution in [2.24, 2.45) is 0 Å². The second-order valence-electron chi connectivity index (χ2n) is 5.57. The van der Waals surface area contributed by atoms with Crippen LogP contribution in [0.1, 0.15) is 43.7 Å². The molecule has 1 aliphatic rings. The molecule has 1 unspecified atom stereocenters. The van der Waals surface area contributed by atoms with E-state index in [1.165, 1.54) is 32.1 Å². The van der Waals surface area contributed by atoms with Gasteiger partial charge in [0.2, 0.25) is 0 Å². The summed E-state index contributed by atoms with van der Waals surface area (Å²) in [5.41, 5.74) is 0.882. The summed E-state index contributed by atoms with van der Waals surface area (Å²) in [5.74, 6) is 1.33. The first-order valence-electron chi connectivity index (χ1n) is 7.55. The summed E-state index contributed by atoms with van der Waals surface area (Å²) in [5, 5.41) is 9.68. The predicted octanol–water partition coefficient (Wildman–Crippen LogP) is 3.53.